The van der Waals surface area contributed by atoms with Crippen LogP contribution in [0, 0.1) is 5.92 Å². The second kappa shape index (κ2) is 6.83. The standard InChI is InChI=1S/C6H14N2O.ClH/c1-5(6(7)9)3-4-8-2;/h5,8H,3-4H2,1-2H3,(H2,7,9);1H. The number of nitrogens with one attached hydrogen (secondary N) is 1. The van der Waals surface area contributed by atoms with Gasteiger partial charge in [-0.25, -0.2) is 0 Å². The summed E-state index contributed by atoms with van der Waals surface area (Å²) in [5.41, 5.74) is 5.01. The molecule has 62 valence electrons. The molecule has 3 N–H and O–H groups in total. The van der Waals surface area contributed by atoms with Crippen molar-refractivity contribution >= 4 is 18.3 Å². The van der Waals surface area contributed by atoms with Crippen LogP contribution in [-0.4, -0.2) is 19.5 Å². The molecule has 0 heterocycles. The molecule has 1 unspecified atom stereocenters. The minimum atomic E-state index is -0.217. The zero-order chi connectivity index (χ0) is 7.28. The van der Waals surface area contributed by atoms with Crippen LogP contribution in [0.3, 0.4) is 0 Å². The van der Waals surface area contributed by atoms with Crippen LogP contribution in [0.2, 0.25) is 0 Å². The Hall–Kier alpha value is -0.280. The fraction of sp³-hybridized carbons (Fsp3) is 0.833. The molecule has 0 bridgehead atoms. The molecule has 0 rings (SSSR count). The Morgan fingerprint density at radius 3 is 2.50 bits per heavy atom. The quantitative estimate of drug-likeness (QED) is 0.624. The van der Waals surface area contributed by atoms with Crippen molar-refractivity contribution in [1.29, 1.82) is 0 Å². The number of carbonyl (C=O) groups excluding carboxylic acids is 1. The normalized spacial score (nSPS) is 11.8. The molecule has 0 aliphatic heterocycles. The summed E-state index contributed by atoms with van der Waals surface area (Å²) in [6.07, 6.45) is 0.825. The maximum atomic E-state index is 10.4. The molecule has 0 radical (unpaired) electrons. The highest BCUT2D eigenvalue weighted by Gasteiger charge is 2.05. The lowest BCUT2D eigenvalue weighted by Crippen LogP contribution is -2.23. The van der Waals surface area contributed by atoms with Crippen molar-refractivity contribution in [3.05, 3.63) is 0 Å². The summed E-state index contributed by atoms with van der Waals surface area (Å²) in [4.78, 5) is 10.4. The predicted octanol–water partition coefficient (Wildman–Crippen LogP) is 0.139. The summed E-state index contributed by atoms with van der Waals surface area (Å²) in [6, 6.07) is 0. The van der Waals surface area contributed by atoms with Gasteiger partial charge in [0.15, 0.2) is 0 Å². The summed E-state index contributed by atoms with van der Waals surface area (Å²) in [5, 5.41) is 2.95. The van der Waals surface area contributed by atoms with Crippen LogP contribution in [0.25, 0.3) is 0 Å². The van der Waals surface area contributed by atoms with E-state index in [2.05, 4.69) is 5.32 Å². The van der Waals surface area contributed by atoms with Crippen LogP contribution in [0.15, 0.2) is 0 Å². The Morgan fingerprint density at radius 1 is 1.70 bits per heavy atom. The van der Waals surface area contributed by atoms with Crippen molar-refractivity contribution in [3.63, 3.8) is 0 Å². The molecular formula is C6H15ClN2O. The van der Waals surface area contributed by atoms with E-state index in [0.717, 1.165) is 13.0 Å². The molecule has 0 saturated heterocycles. The summed E-state index contributed by atoms with van der Waals surface area (Å²) < 4.78 is 0. The first-order chi connectivity index (χ1) is 4.18. The van der Waals surface area contributed by atoms with Crippen molar-refractivity contribution in [3.8, 4) is 0 Å². The highest BCUT2D eigenvalue weighted by Crippen LogP contribution is 1.96. The van der Waals surface area contributed by atoms with Crippen molar-refractivity contribution in [2.75, 3.05) is 13.6 Å². The molecule has 0 spiro atoms. The highest BCUT2D eigenvalue weighted by molar-refractivity contribution is 5.85. The van der Waals surface area contributed by atoms with Gasteiger partial charge in [0.1, 0.15) is 0 Å². The summed E-state index contributed by atoms with van der Waals surface area (Å²) in [6.45, 7) is 2.68. The number of halogens is 1. The molecule has 0 aliphatic rings. The second-order valence-electron chi connectivity index (χ2n) is 2.20. The van der Waals surface area contributed by atoms with Gasteiger partial charge in [0, 0.05) is 5.92 Å². The molecular weight excluding hydrogens is 152 g/mol. The molecule has 1 amide bonds. The Labute approximate surface area is 67.8 Å². The minimum Gasteiger partial charge on any atom is -0.369 e. The van der Waals surface area contributed by atoms with E-state index in [1.54, 1.807) is 0 Å². The number of nitrogens with two attached hydrogens (primary N) is 1. The number of primary amides is 1. The van der Waals surface area contributed by atoms with Crippen molar-refractivity contribution in [2.45, 2.75) is 13.3 Å². The van der Waals surface area contributed by atoms with Gasteiger partial charge in [0.2, 0.25) is 5.91 Å². The first-order valence-electron chi connectivity index (χ1n) is 3.12. The van der Waals surface area contributed by atoms with Crippen molar-refractivity contribution in [1.82, 2.24) is 5.32 Å². The molecule has 0 fully saturated rings. The lowest BCUT2D eigenvalue weighted by Gasteiger charge is -2.04. The van der Waals surface area contributed by atoms with E-state index in [0.29, 0.717) is 0 Å². The molecule has 3 nitrogen and oxygen atoms in total. The van der Waals surface area contributed by atoms with E-state index in [9.17, 15) is 4.79 Å². The van der Waals surface area contributed by atoms with E-state index in [-0.39, 0.29) is 24.2 Å². The van der Waals surface area contributed by atoms with Crippen LogP contribution in [0.5, 0.6) is 0 Å². The van der Waals surface area contributed by atoms with Crippen LogP contribution < -0.4 is 11.1 Å². The van der Waals surface area contributed by atoms with E-state index in [1.165, 1.54) is 0 Å². The van der Waals surface area contributed by atoms with Crippen molar-refractivity contribution < 1.29 is 4.79 Å². The van der Waals surface area contributed by atoms with Crippen LogP contribution in [0.4, 0.5) is 0 Å². The average Bonchev–Trinajstić information content (AvgIpc) is 1.82. The van der Waals surface area contributed by atoms with Gasteiger partial charge in [-0.05, 0) is 20.0 Å². The summed E-state index contributed by atoms with van der Waals surface area (Å²) in [7, 11) is 1.85. The number of hydrogen-bond acceptors (Lipinski definition) is 2. The second-order valence-corrected chi connectivity index (χ2v) is 2.20. The largest absolute Gasteiger partial charge is 0.369 e. The van der Waals surface area contributed by atoms with E-state index in [4.69, 9.17) is 5.73 Å². The van der Waals surface area contributed by atoms with Crippen LogP contribution in [-0.2, 0) is 4.79 Å². The third-order valence-corrected chi connectivity index (χ3v) is 1.31. The van der Waals surface area contributed by atoms with Gasteiger partial charge in [0.25, 0.3) is 0 Å². The van der Waals surface area contributed by atoms with Crippen LogP contribution in [0.1, 0.15) is 13.3 Å². The topological polar surface area (TPSA) is 55.1 Å². The molecule has 1 atom stereocenters. The van der Waals surface area contributed by atoms with E-state index >= 15 is 0 Å². The van der Waals surface area contributed by atoms with Crippen LogP contribution >= 0.6 is 12.4 Å². The summed E-state index contributed by atoms with van der Waals surface area (Å²) >= 11 is 0. The van der Waals surface area contributed by atoms with Gasteiger partial charge in [-0.2, -0.15) is 0 Å². The Morgan fingerprint density at radius 2 is 2.20 bits per heavy atom. The Balaban J connectivity index is 0. The van der Waals surface area contributed by atoms with Gasteiger partial charge < -0.3 is 11.1 Å². The van der Waals surface area contributed by atoms with E-state index < -0.39 is 0 Å². The third kappa shape index (κ3) is 5.85. The zero-order valence-corrected chi connectivity index (χ0v) is 7.20. The first kappa shape index (κ1) is 12.4. The lowest BCUT2D eigenvalue weighted by atomic mass is 10.1. The fourth-order valence-electron chi connectivity index (χ4n) is 0.503. The molecule has 0 aliphatic carbocycles. The molecule has 0 saturated carbocycles. The van der Waals surface area contributed by atoms with Gasteiger partial charge in [-0.1, -0.05) is 6.92 Å². The first-order valence-corrected chi connectivity index (χ1v) is 3.12. The van der Waals surface area contributed by atoms with Crippen molar-refractivity contribution in [2.24, 2.45) is 11.7 Å². The maximum Gasteiger partial charge on any atom is 0.220 e. The Bertz CT molecular complexity index is 97.7. The molecule has 4 heteroatoms. The monoisotopic (exact) mass is 166 g/mol. The SMILES string of the molecule is CNCCC(C)C(N)=O.Cl. The third-order valence-electron chi connectivity index (χ3n) is 1.31. The highest BCUT2D eigenvalue weighted by atomic mass is 35.5. The van der Waals surface area contributed by atoms with E-state index in [1.807, 2.05) is 14.0 Å². The van der Waals surface area contributed by atoms with Gasteiger partial charge in [0.05, 0.1) is 0 Å². The predicted molar refractivity (Wildman–Crippen MR) is 44.2 cm³/mol. The lowest BCUT2D eigenvalue weighted by molar-refractivity contribution is -0.121. The number of hydrogen-bond donors (Lipinski definition) is 2. The summed E-state index contributed by atoms with van der Waals surface area (Å²) in [5.74, 6) is -0.220. The van der Waals surface area contributed by atoms with Gasteiger partial charge in [-0.3, -0.25) is 4.79 Å². The molecule has 0 aromatic rings. The fourth-order valence-corrected chi connectivity index (χ4v) is 0.503. The average molecular weight is 167 g/mol. The number of carbonyl (C=O) groups is 1. The smallest absolute Gasteiger partial charge is 0.220 e. The molecule has 0 aromatic heterocycles. The Kier molecular flexibility index (Phi) is 8.48. The van der Waals surface area contributed by atoms with Gasteiger partial charge in [-0.15, -0.1) is 12.4 Å². The number of rotatable bonds is 4. The zero-order valence-electron chi connectivity index (χ0n) is 6.39. The number of amides is 1. The maximum absolute atomic E-state index is 10.4. The molecule has 0 aromatic carbocycles. The van der Waals surface area contributed by atoms with Gasteiger partial charge >= 0.3 is 0 Å². The molecule has 10 heavy (non-hydrogen) atoms. The minimum absolute atomic E-state index is 0.